The molecular weight excluding hydrogens is 212 g/mol. The van der Waals surface area contributed by atoms with Crippen molar-refractivity contribution in [3.8, 4) is 0 Å². The number of nitrogens with two attached hydrogens (primary N) is 2. The van der Waals surface area contributed by atoms with Crippen LogP contribution in [-0.4, -0.2) is 9.97 Å². The molecular formula is C13H22N4. The summed E-state index contributed by atoms with van der Waals surface area (Å²) in [5.74, 6) is 1.30. The van der Waals surface area contributed by atoms with Gasteiger partial charge in [0.2, 0.25) is 0 Å². The molecule has 0 aromatic carbocycles. The Morgan fingerprint density at radius 1 is 1.47 bits per heavy atom. The van der Waals surface area contributed by atoms with E-state index in [1.807, 2.05) is 12.2 Å². The maximum Gasteiger partial charge on any atom is 0.199 e. The SMILES string of the molecule is C=C/C(=C\c1[nH]c(N)nc1N)C(CC)CCC. The van der Waals surface area contributed by atoms with Crippen LogP contribution in [0.4, 0.5) is 11.8 Å². The Hall–Kier alpha value is -1.71. The maximum atomic E-state index is 5.76. The lowest BCUT2D eigenvalue weighted by Gasteiger charge is -2.15. The second-order valence-corrected chi connectivity index (χ2v) is 4.16. The Labute approximate surface area is 103 Å². The van der Waals surface area contributed by atoms with Crippen molar-refractivity contribution in [1.29, 1.82) is 0 Å². The molecule has 1 aromatic heterocycles. The lowest BCUT2D eigenvalue weighted by Crippen LogP contribution is -2.01. The molecule has 0 amide bonds. The van der Waals surface area contributed by atoms with Gasteiger partial charge in [0.15, 0.2) is 11.8 Å². The van der Waals surface area contributed by atoms with Crippen LogP contribution in [0.3, 0.4) is 0 Å². The number of H-pyrrole nitrogens is 1. The van der Waals surface area contributed by atoms with E-state index in [0.717, 1.165) is 25.0 Å². The van der Waals surface area contributed by atoms with Crippen LogP contribution in [-0.2, 0) is 0 Å². The number of aromatic amines is 1. The molecule has 5 N–H and O–H groups in total. The van der Waals surface area contributed by atoms with Gasteiger partial charge in [0.25, 0.3) is 0 Å². The molecule has 0 saturated carbocycles. The number of nitrogens with zero attached hydrogens (tertiary/aromatic N) is 1. The van der Waals surface area contributed by atoms with E-state index in [1.165, 1.54) is 5.57 Å². The number of hydrogen-bond donors (Lipinski definition) is 3. The molecule has 4 nitrogen and oxygen atoms in total. The average molecular weight is 234 g/mol. The summed E-state index contributed by atoms with van der Waals surface area (Å²) in [7, 11) is 0. The van der Waals surface area contributed by atoms with Gasteiger partial charge in [-0.1, -0.05) is 32.9 Å². The van der Waals surface area contributed by atoms with Crippen LogP contribution in [0.1, 0.15) is 38.8 Å². The molecule has 1 heterocycles. The summed E-state index contributed by atoms with van der Waals surface area (Å²) in [5.41, 5.74) is 13.3. The lowest BCUT2D eigenvalue weighted by atomic mass is 9.91. The van der Waals surface area contributed by atoms with Gasteiger partial charge in [-0.15, -0.1) is 0 Å². The zero-order valence-corrected chi connectivity index (χ0v) is 10.7. The number of rotatable bonds is 6. The van der Waals surface area contributed by atoms with Gasteiger partial charge in [-0.25, -0.2) is 0 Å². The average Bonchev–Trinajstić information content (AvgIpc) is 2.62. The van der Waals surface area contributed by atoms with Gasteiger partial charge in [0, 0.05) is 0 Å². The van der Waals surface area contributed by atoms with Gasteiger partial charge in [-0.2, -0.15) is 4.98 Å². The first-order valence-electron chi connectivity index (χ1n) is 6.07. The zero-order valence-electron chi connectivity index (χ0n) is 10.7. The van der Waals surface area contributed by atoms with Gasteiger partial charge in [0.05, 0.1) is 5.69 Å². The summed E-state index contributed by atoms with van der Waals surface area (Å²) >= 11 is 0. The van der Waals surface area contributed by atoms with Crippen molar-refractivity contribution in [2.24, 2.45) is 5.92 Å². The third-order valence-electron chi connectivity index (χ3n) is 2.93. The fraction of sp³-hybridized carbons (Fsp3) is 0.462. The summed E-state index contributed by atoms with van der Waals surface area (Å²) in [6.07, 6.45) is 7.28. The Bertz CT molecular complexity index is 404. The van der Waals surface area contributed by atoms with Crippen molar-refractivity contribution >= 4 is 17.8 Å². The molecule has 1 rings (SSSR count). The highest BCUT2D eigenvalue weighted by Gasteiger charge is 2.10. The van der Waals surface area contributed by atoms with Gasteiger partial charge >= 0.3 is 0 Å². The minimum atomic E-state index is 0.348. The van der Waals surface area contributed by atoms with Crippen LogP contribution in [0.5, 0.6) is 0 Å². The van der Waals surface area contributed by atoms with Crippen LogP contribution in [0.25, 0.3) is 6.08 Å². The predicted octanol–water partition coefficient (Wildman–Crippen LogP) is 2.97. The number of allylic oxidation sites excluding steroid dienone is 2. The lowest BCUT2D eigenvalue weighted by molar-refractivity contribution is 0.546. The standard InChI is InChI=1S/C13H22N4/c1-4-7-9(5-2)10(6-3)8-11-12(14)17-13(15)16-11/h6,8-9H,3-5,7,14H2,1-2H3,(H3,15,16,17)/b10-8+. The predicted molar refractivity (Wildman–Crippen MR) is 74.3 cm³/mol. The topological polar surface area (TPSA) is 80.7 Å². The maximum absolute atomic E-state index is 5.76. The first kappa shape index (κ1) is 13.4. The van der Waals surface area contributed by atoms with E-state index in [-0.39, 0.29) is 0 Å². The monoisotopic (exact) mass is 234 g/mol. The molecule has 94 valence electrons. The second-order valence-electron chi connectivity index (χ2n) is 4.16. The summed E-state index contributed by atoms with van der Waals surface area (Å²) in [6, 6.07) is 0. The van der Waals surface area contributed by atoms with Crippen molar-refractivity contribution in [1.82, 2.24) is 9.97 Å². The van der Waals surface area contributed by atoms with E-state index in [2.05, 4.69) is 30.4 Å². The Morgan fingerprint density at radius 3 is 2.59 bits per heavy atom. The molecule has 0 radical (unpaired) electrons. The Kier molecular flexibility index (Phi) is 4.82. The molecule has 0 aliphatic carbocycles. The molecule has 0 aliphatic rings. The fourth-order valence-electron chi connectivity index (χ4n) is 2.00. The molecule has 17 heavy (non-hydrogen) atoms. The molecule has 0 saturated heterocycles. The van der Waals surface area contributed by atoms with Gasteiger partial charge in [-0.3, -0.25) is 0 Å². The minimum Gasteiger partial charge on any atom is -0.382 e. The van der Waals surface area contributed by atoms with E-state index in [4.69, 9.17) is 11.5 Å². The molecule has 0 fully saturated rings. The van der Waals surface area contributed by atoms with Crippen molar-refractivity contribution in [2.75, 3.05) is 11.5 Å². The molecule has 4 heteroatoms. The van der Waals surface area contributed by atoms with Crippen LogP contribution in [0.2, 0.25) is 0 Å². The summed E-state index contributed by atoms with van der Waals surface area (Å²) in [5, 5.41) is 0. The number of imidazole rings is 1. The van der Waals surface area contributed by atoms with E-state index in [0.29, 0.717) is 17.7 Å². The third-order valence-corrected chi connectivity index (χ3v) is 2.93. The molecule has 0 bridgehead atoms. The summed E-state index contributed by atoms with van der Waals surface area (Å²) < 4.78 is 0. The highest BCUT2D eigenvalue weighted by Crippen LogP contribution is 2.25. The number of aromatic nitrogens is 2. The highest BCUT2D eigenvalue weighted by atomic mass is 15.1. The molecule has 1 aromatic rings. The van der Waals surface area contributed by atoms with Crippen molar-refractivity contribution in [3.63, 3.8) is 0 Å². The van der Waals surface area contributed by atoms with E-state index >= 15 is 0 Å². The minimum absolute atomic E-state index is 0.348. The van der Waals surface area contributed by atoms with Crippen LogP contribution < -0.4 is 11.5 Å². The smallest absolute Gasteiger partial charge is 0.199 e. The summed E-state index contributed by atoms with van der Waals surface area (Å²) in [6.45, 7) is 8.24. The zero-order chi connectivity index (χ0) is 12.8. The van der Waals surface area contributed by atoms with Crippen LogP contribution >= 0.6 is 0 Å². The van der Waals surface area contributed by atoms with Crippen molar-refractivity contribution < 1.29 is 0 Å². The van der Waals surface area contributed by atoms with E-state index < -0.39 is 0 Å². The van der Waals surface area contributed by atoms with Gasteiger partial charge in [0.1, 0.15) is 0 Å². The molecule has 1 unspecified atom stereocenters. The first-order chi connectivity index (χ1) is 8.12. The van der Waals surface area contributed by atoms with Crippen LogP contribution in [0.15, 0.2) is 18.2 Å². The first-order valence-corrected chi connectivity index (χ1v) is 6.07. The largest absolute Gasteiger partial charge is 0.382 e. The van der Waals surface area contributed by atoms with Gasteiger partial charge < -0.3 is 16.5 Å². The van der Waals surface area contributed by atoms with E-state index in [9.17, 15) is 0 Å². The molecule has 0 spiro atoms. The Morgan fingerprint density at radius 2 is 2.18 bits per heavy atom. The quantitative estimate of drug-likeness (QED) is 0.662. The normalized spacial score (nSPS) is 13.6. The van der Waals surface area contributed by atoms with Gasteiger partial charge in [-0.05, 0) is 30.4 Å². The number of nitrogens with one attached hydrogen (secondary N) is 1. The summed E-state index contributed by atoms with van der Waals surface area (Å²) in [4.78, 5) is 6.90. The van der Waals surface area contributed by atoms with Crippen molar-refractivity contribution in [3.05, 3.63) is 23.9 Å². The highest BCUT2D eigenvalue weighted by molar-refractivity contribution is 5.64. The number of nitrogen functional groups attached to an aromatic ring is 2. The third kappa shape index (κ3) is 3.37. The van der Waals surface area contributed by atoms with Crippen molar-refractivity contribution in [2.45, 2.75) is 33.1 Å². The molecule has 1 atom stereocenters. The Balaban J connectivity index is 2.99. The van der Waals surface area contributed by atoms with Crippen LogP contribution in [0, 0.1) is 5.92 Å². The van der Waals surface area contributed by atoms with E-state index in [1.54, 1.807) is 0 Å². The second kappa shape index (κ2) is 6.13. The molecule has 0 aliphatic heterocycles. The fourth-order valence-corrected chi connectivity index (χ4v) is 2.00. The number of hydrogen-bond acceptors (Lipinski definition) is 3. The number of anilines is 2.